The van der Waals surface area contributed by atoms with Crippen molar-refractivity contribution in [2.75, 3.05) is 0 Å². The molecular weight excluding hydrogens is 1080 g/mol. The van der Waals surface area contributed by atoms with Crippen molar-refractivity contribution in [2.45, 2.75) is 111 Å². The quantitative estimate of drug-likeness (QED) is 0.0957. The zero-order valence-corrected chi connectivity index (χ0v) is 47.1. The van der Waals surface area contributed by atoms with Crippen LogP contribution < -0.4 is 0 Å². The van der Waals surface area contributed by atoms with E-state index < -0.39 is 0 Å². The van der Waals surface area contributed by atoms with E-state index in [0.29, 0.717) is 0 Å². The molecule has 3 heterocycles. The first-order valence-corrected chi connectivity index (χ1v) is 26.0. The van der Waals surface area contributed by atoms with Gasteiger partial charge in [0.05, 0.1) is 0 Å². The number of hydrogen-bond acceptors (Lipinski definition) is 3. The SMILES string of the molecule is Cc1cc(-c2nccc3c2ccc2cc(C(C)(C)C)ccc23)[c-]cc1-c1ccccc1-c1cc(CCc2c[c-]c(-c3cc(C(C)(C)C)ccn3)cc2)cc(CCc2c[c-]c(-c3cc(C(C)(C)C)ccn3)cc2)c1.[Ir+3]. The van der Waals surface area contributed by atoms with Crippen molar-refractivity contribution in [3.8, 4) is 56.0 Å². The molecule has 370 valence electrons. The number of aromatic nitrogens is 3. The first kappa shape index (κ1) is 52.0. The van der Waals surface area contributed by atoms with Crippen LogP contribution in [0.5, 0.6) is 0 Å². The summed E-state index contributed by atoms with van der Waals surface area (Å²) in [6.07, 6.45) is 9.40. The second kappa shape index (κ2) is 21.2. The average molecular weight is 1140 g/mol. The Labute approximate surface area is 454 Å². The Morgan fingerprint density at radius 3 is 1.45 bits per heavy atom. The third kappa shape index (κ3) is 11.4. The van der Waals surface area contributed by atoms with Gasteiger partial charge in [0.25, 0.3) is 0 Å². The van der Waals surface area contributed by atoms with Crippen LogP contribution in [0.4, 0.5) is 0 Å². The molecule has 0 bridgehead atoms. The van der Waals surface area contributed by atoms with Crippen molar-refractivity contribution in [1.29, 1.82) is 0 Å². The second-order valence-electron chi connectivity index (χ2n) is 23.1. The van der Waals surface area contributed by atoms with E-state index >= 15 is 0 Å². The Morgan fingerprint density at radius 2 is 0.905 bits per heavy atom. The molecule has 0 atom stereocenters. The average Bonchev–Trinajstić information content (AvgIpc) is 3.39. The molecule has 74 heavy (non-hydrogen) atoms. The number of aryl methyl sites for hydroxylation is 5. The van der Waals surface area contributed by atoms with E-state index in [-0.39, 0.29) is 36.4 Å². The maximum atomic E-state index is 4.96. The van der Waals surface area contributed by atoms with Gasteiger partial charge in [-0.2, -0.15) is 0 Å². The van der Waals surface area contributed by atoms with Gasteiger partial charge in [-0.1, -0.05) is 178 Å². The normalized spacial score (nSPS) is 12.0. The van der Waals surface area contributed by atoms with Gasteiger partial charge in [0, 0.05) is 18.6 Å². The van der Waals surface area contributed by atoms with Crippen molar-refractivity contribution in [1.82, 2.24) is 15.0 Å². The van der Waals surface area contributed by atoms with Crippen molar-refractivity contribution in [3.63, 3.8) is 0 Å². The largest absolute Gasteiger partial charge is 3.00 e. The Balaban J connectivity index is 0.00000672. The second-order valence-corrected chi connectivity index (χ2v) is 23.1. The fraction of sp³-hybridized carbons (Fsp3) is 0.243. The molecule has 3 nitrogen and oxygen atoms in total. The molecule has 0 aliphatic carbocycles. The van der Waals surface area contributed by atoms with E-state index in [1.54, 1.807) is 0 Å². The predicted molar refractivity (Wildman–Crippen MR) is 307 cm³/mol. The maximum absolute atomic E-state index is 4.96. The van der Waals surface area contributed by atoms with Gasteiger partial charge >= 0.3 is 20.1 Å². The van der Waals surface area contributed by atoms with E-state index in [2.05, 4.69) is 239 Å². The van der Waals surface area contributed by atoms with Crippen LogP contribution >= 0.6 is 0 Å². The van der Waals surface area contributed by atoms with Crippen LogP contribution in [0.2, 0.25) is 0 Å². The number of benzene rings is 7. The molecule has 4 heteroatoms. The van der Waals surface area contributed by atoms with Gasteiger partial charge in [-0.15, -0.1) is 100 Å². The van der Waals surface area contributed by atoms with Gasteiger partial charge < -0.3 is 15.0 Å². The minimum Gasteiger partial charge on any atom is -0.305 e. The smallest absolute Gasteiger partial charge is 0.305 e. The minimum absolute atomic E-state index is 0. The molecule has 10 aromatic rings. The molecule has 0 saturated heterocycles. The molecule has 0 N–H and O–H groups in total. The first-order chi connectivity index (χ1) is 34.9. The summed E-state index contributed by atoms with van der Waals surface area (Å²) >= 11 is 0. The van der Waals surface area contributed by atoms with Crippen LogP contribution in [0.15, 0.2) is 170 Å². The molecule has 3 aromatic heterocycles. The Bertz CT molecular complexity index is 3500. The Morgan fingerprint density at radius 1 is 0.392 bits per heavy atom. The standard InChI is InChI=1S/C70H66N3.Ir/c1-46-39-54(67-64-31-27-53-43-56(68(2,3)4)29-32-61(53)63(64)35-38-73-67)28-30-59(46)62-14-12-11-13-60(62)55-41-49(17-15-47-19-23-51(24-20-47)65-44-57(33-36-71-65)69(5,6)7)40-50(42-55)18-16-48-21-25-52(26-22-48)66-45-58(34-37-72-66)70(8,9)10;/h11-14,19-23,25,27,29-45H,15-18H2,1-10H3;/q-3;+3. The molecule has 0 spiro atoms. The van der Waals surface area contributed by atoms with Gasteiger partial charge in [0.1, 0.15) is 0 Å². The summed E-state index contributed by atoms with van der Waals surface area (Å²) in [5.74, 6) is 0. The molecule has 0 amide bonds. The van der Waals surface area contributed by atoms with Crippen LogP contribution in [-0.4, -0.2) is 15.0 Å². The van der Waals surface area contributed by atoms with E-state index in [1.807, 2.05) is 18.6 Å². The zero-order valence-electron chi connectivity index (χ0n) is 44.7. The molecule has 7 aromatic carbocycles. The number of pyridine rings is 3. The third-order valence-electron chi connectivity index (χ3n) is 14.6. The van der Waals surface area contributed by atoms with Crippen molar-refractivity contribution in [3.05, 3.63) is 233 Å². The van der Waals surface area contributed by atoms with Gasteiger partial charge in [-0.05, 0) is 125 Å². The summed E-state index contributed by atoms with van der Waals surface area (Å²) in [6.45, 7) is 22.5. The van der Waals surface area contributed by atoms with E-state index in [9.17, 15) is 0 Å². The monoisotopic (exact) mass is 1140 g/mol. The Kier molecular flexibility index (Phi) is 14.9. The van der Waals surface area contributed by atoms with Gasteiger partial charge in [0.15, 0.2) is 0 Å². The van der Waals surface area contributed by atoms with Gasteiger partial charge in [-0.25, -0.2) is 0 Å². The molecule has 0 aliphatic rings. The fourth-order valence-corrected chi connectivity index (χ4v) is 10.1. The van der Waals surface area contributed by atoms with Gasteiger partial charge in [-0.3, -0.25) is 0 Å². The summed E-state index contributed by atoms with van der Waals surface area (Å²) in [5.41, 5.74) is 21.1. The maximum Gasteiger partial charge on any atom is 3.00 e. The third-order valence-corrected chi connectivity index (χ3v) is 14.6. The number of rotatable bonds is 11. The molecule has 0 saturated carbocycles. The van der Waals surface area contributed by atoms with Crippen molar-refractivity contribution >= 4 is 21.5 Å². The number of fused-ring (bicyclic) bond motifs is 3. The van der Waals surface area contributed by atoms with E-state index in [1.165, 1.54) is 82.9 Å². The zero-order chi connectivity index (χ0) is 51.1. The fourth-order valence-electron chi connectivity index (χ4n) is 10.1. The summed E-state index contributed by atoms with van der Waals surface area (Å²) < 4.78 is 0. The Hall–Kier alpha value is -6.84. The molecule has 0 aliphatic heterocycles. The van der Waals surface area contributed by atoms with Crippen LogP contribution in [0.1, 0.15) is 107 Å². The number of nitrogens with zero attached hydrogens (tertiary/aromatic N) is 3. The first-order valence-electron chi connectivity index (χ1n) is 26.0. The van der Waals surface area contributed by atoms with Crippen LogP contribution in [0.25, 0.3) is 77.6 Å². The van der Waals surface area contributed by atoms with Crippen LogP contribution in [-0.2, 0) is 62.0 Å². The van der Waals surface area contributed by atoms with Crippen LogP contribution in [0, 0.1) is 25.1 Å². The number of hydrogen-bond donors (Lipinski definition) is 0. The molecular formula is C70H66IrN3. The molecule has 0 unspecified atom stereocenters. The van der Waals surface area contributed by atoms with Crippen molar-refractivity contribution in [2.24, 2.45) is 0 Å². The predicted octanol–water partition coefficient (Wildman–Crippen LogP) is 17.7. The summed E-state index contributed by atoms with van der Waals surface area (Å²) in [6, 6.07) is 66.7. The minimum atomic E-state index is 0. The van der Waals surface area contributed by atoms with E-state index in [4.69, 9.17) is 15.0 Å². The van der Waals surface area contributed by atoms with Crippen molar-refractivity contribution < 1.29 is 20.1 Å². The topological polar surface area (TPSA) is 38.7 Å². The summed E-state index contributed by atoms with van der Waals surface area (Å²) in [4.78, 5) is 14.4. The summed E-state index contributed by atoms with van der Waals surface area (Å²) in [5, 5.41) is 4.85. The molecule has 0 radical (unpaired) electrons. The van der Waals surface area contributed by atoms with Gasteiger partial charge in [0.2, 0.25) is 0 Å². The molecule has 10 rings (SSSR count). The van der Waals surface area contributed by atoms with Crippen LogP contribution in [0.3, 0.4) is 0 Å². The molecule has 0 fully saturated rings. The van der Waals surface area contributed by atoms with E-state index in [0.717, 1.165) is 64.8 Å². The summed E-state index contributed by atoms with van der Waals surface area (Å²) in [7, 11) is 0.